The molecule has 0 aliphatic heterocycles. The fourth-order valence-corrected chi connectivity index (χ4v) is 3.46. The summed E-state index contributed by atoms with van der Waals surface area (Å²) in [5.74, 6) is -0.353. The number of carbonyl (C=O) groups excluding carboxylic acids is 1. The van der Waals surface area contributed by atoms with E-state index in [0.29, 0.717) is 16.8 Å². The van der Waals surface area contributed by atoms with Crippen molar-refractivity contribution >= 4 is 34.0 Å². The smallest absolute Gasteiger partial charge is 0.261 e. The number of anilines is 1. The Morgan fingerprint density at radius 3 is 2.30 bits per heavy atom. The maximum atomic E-state index is 12.7. The molecular weight excluding hydrogens is 386 g/mol. The number of hydrogen-bond acceptors (Lipinski definition) is 4. The molecule has 0 unspecified atom stereocenters. The highest BCUT2D eigenvalue weighted by atomic mass is 35.5. The SMILES string of the molecule is Cc1ccccc1NS(=O)(=O)c1ccc(C)c(C(=O)NCC(C)(C)N)c1.Cl. The van der Waals surface area contributed by atoms with Gasteiger partial charge in [0.25, 0.3) is 15.9 Å². The van der Waals surface area contributed by atoms with Crippen LogP contribution in [0.5, 0.6) is 0 Å². The number of nitrogens with two attached hydrogens (primary N) is 1. The number of benzene rings is 2. The lowest BCUT2D eigenvalue weighted by atomic mass is 10.1. The zero-order chi connectivity index (χ0) is 19.5. The molecule has 0 aliphatic rings. The highest BCUT2D eigenvalue weighted by Gasteiger charge is 2.20. The Labute approximate surface area is 167 Å². The lowest BCUT2D eigenvalue weighted by Crippen LogP contribution is -2.45. The summed E-state index contributed by atoms with van der Waals surface area (Å²) in [6.07, 6.45) is 0. The summed E-state index contributed by atoms with van der Waals surface area (Å²) in [6, 6.07) is 11.6. The molecule has 1 amide bonds. The van der Waals surface area contributed by atoms with E-state index < -0.39 is 15.6 Å². The number of amides is 1. The predicted octanol–water partition coefficient (Wildman–Crippen LogP) is 2.99. The van der Waals surface area contributed by atoms with Gasteiger partial charge in [0.05, 0.1) is 10.6 Å². The van der Waals surface area contributed by atoms with Gasteiger partial charge in [0.2, 0.25) is 0 Å². The highest BCUT2D eigenvalue weighted by Crippen LogP contribution is 2.21. The van der Waals surface area contributed by atoms with Gasteiger partial charge in [0.15, 0.2) is 0 Å². The molecule has 2 aromatic carbocycles. The van der Waals surface area contributed by atoms with Crippen molar-refractivity contribution in [2.24, 2.45) is 5.73 Å². The van der Waals surface area contributed by atoms with Crippen molar-refractivity contribution in [3.63, 3.8) is 0 Å². The molecule has 0 saturated carbocycles. The first-order valence-corrected chi connectivity index (χ1v) is 9.74. The van der Waals surface area contributed by atoms with E-state index in [1.165, 1.54) is 12.1 Å². The summed E-state index contributed by atoms with van der Waals surface area (Å²) in [4.78, 5) is 12.5. The minimum absolute atomic E-state index is 0. The number of para-hydroxylation sites is 1. The van der Waals surface area contributed by atoms with E-state index in [2.05, 4.69) is 10.0 Å². The van der Waals surface area contributed by atoms with Crippen molar-refractivity contribution in [1.29, 1.82) is 0 Å². The summed E-state index contributed by atoms with van der Waals surface area (Å²) < 4.78 is 28.0. The van der Waals surface area contributed by atoms with Gasteiger partial charge in [0, 0.05) is 17.6 Å². The summed E-state index contributed by atoms with van der Waals surface area (Å²) >= 11 is 0. The third-order valence-electron chi connectivity index (χ3n) is 3.86. The molecule has 0 aliphatic carbocycles. The van der Waals surface area contributed by atoms with Gasteiger partial charge in [-0.25, -0.2) is 8.42 Å². The predicted molar refractivity (Wildman–Crippen MR) is 111 cm³/mol. The molecular formula is C19H26ClN3O3S. The minimum atomic E-state index is -3.81. The molecule has 0 fully saturated rings. The summed E-state index contributed by atoms with van der Waals surface area (Å²) in [7, 11) is -3.81. The van der Waals surface area contributed by atoms with E-state index in [0.717, 1.165) is 5.56 Å². The van der Waals surface area contributed by atoms with Gasteiger partial charge in [-0.1, -0.05) is 24.3 Å². The number of hydrogen-bond donors (Lipinski definition) is 3. The van der Waals surface area contributed by atoms with Crippen molar-refractivity contribution in [1.82, 2.24) is 5.32 Å². The van der Waals surface area contributed by atoms with Gasteiger partial charge in [-0.05, 0) is 57.0 Å². The second-order valence-electron chi connectivity index (χ2n) is 7.07. The Hall–Kier alpha value is -2.09. The molecule has 0 aromatic heterocycles. The number of aryl methyl sites for hydroxylation is 2. The van der Waals surface area contributed by atoms with Crippen LogP contribution in [0.15, 0.2) is 47.4 Å². The monoisotopic (exact) mass is 411 g/mol. The van der Waals surface area contributed by atoms with Crippen molar-refractivity contribution in [2.75, 3.05) is 11.3 Å². The van der Waals surface area contributed by atoms with Crippen LogP contribution in [0.4, 0.5) is 5.69 Å². The van der Waals surface area contributed by atoms with E-state index in [1.807, 2.05) is 19.1 Å². The van der Waals surface area contributed by atoms with Crippen LogP contribution >= 0.6 is 12.4 Å². The average Bonchev–Trinajstić information content (AvgIpc) is 2.54. The fraction of sp³-hybridized carbons (Fsp3) is 0.316. The van der Waals surface area contributed by atoms with E-state index in [9.17, 15) is 13.2 Å². The first kappa shape index (κ1) is 23.0. The summed E-state index contributed by atoms with van der Waals surface area (Å²) in [5, 5.41) is 2.74. The Balaban J connectivity index is 0.00000364. The number of rotatable bonds is 6. The Morgan fingerprint density at radius 1 is 1.07 bits per heavy atom. The van der Waals surface area contributed by atoms with Crippen molar-refractivity contribution < 1.29 is 13.2 Å². The van der Waals surface area contributed by atoms with E-state index >= 15 is 0 Å². The molecule has 0 atom stereocenters. The van der Waals surface area contributed by atoms with Crippen LogP contribution in [0.2, 0.25) is 0 Å². The molecule has 0 radical (unpaired) electrons. The van der Waals surface area contributed by atoms with Crippen molar-refractivity contribution in [3.05, 3.63) is 59.2 Å². The van der Waals surface area contributed by atoms with Crippen molar-refractivity contribution in [2.45, 2.75) is 38.1 Å². The zero-order valence-corrected chi connectivity index (χ0v) is 17.5. The van der Waals surface area contributed by atoms with Crippen LogP contribution in [0.3, 0.4) is 0 Å². The van der Waals surface area contributed by atoms with Crippen molar-refractivity contribution in [3.8, 4) is 0 Å². The number of sulfonamides is 1. The second-order valence-corrected chi connectivity index (χ2v) is 8.75. The number of nitrogens with one attached hydrogen (secondary N) is 2. The molecule has 4 N–H and O–H groups in total. The maximum absolute atomic E-state index is 12.7. The molecule has 6 nitrogen and oxygen atoms in total. The van der Waals surface area contributed by atoms with E-state index in [4.69, 9.17) is 5.73 Å². The highest BCUT2D eigenvalue weighted by molar-refractivity contribution is 7.92. The standard InChI is InChI=1S/C19H25N3O3S.ClH/c1-13-9-10-15(11-16(13)18(23)21-12-19(3,4)20)26(24,25)22-17-8-6-5-7-14(17)2;/h5-11,22H,12,20H2,1-4H3,(H,21,23);1H. The molecule has 0 heterocycles. The minimum Gasteiger partial charge on any atom is -0.350 e. The lowest BCUT2D eigenvalue weighted by Gasteiger charge is -2.19. The number of carbonyl (C=O) groups is 1. The Kier molecular flexibility index (Phi) is 7.42. The van der Waals surface area contributed by atoms with E-state index in [-0.39, 0.29) is 29.8 Å². The van der Waals surface area contributed by atoms with Crippen LogP contribution in [0.1, 0.15) is 35.3 Å². The molecule has 8 heteroatoms. The third kappa shape index (κ3) is 6.23. The van der Waals surface area contributed by atoms with Gasteiger partial charge in [-0.15, -0.1) is 12.4 Å². The van der Waals surface area contributed by atoms with Gasteiger partial charge >= 0.3 is 0 Å². The van der Waals surface area contributed by atoms with E-state index in [1.54, 1.807) is 39.0 Å². The fourth-order valence-electron chi connectivity index (χ4n) is 2.31. The number of halogens is 1. The molecule has 148 valence electrons. The molecule has 0 bridgehead atoms. The Bertz CT molecular complexity index is 922. The van der Waals surface area contributed by atoms with Gasteiger partial charge in [-0.3, -0.25) is 9.52 Å². The lowest BCUT2D eigenvalue weighted by molar-refractivity contribution is 0.0945. The molecule has 0 spiro atoms. The van der Waals surface area contributed by atoms with Crippen LogP contribution in [-0.2, 0) is 10.0 Å². The maximum Gasteiger partial charge on any atom is 0.261 e. The molecule has 2 rings (SSSR count). The van der Waals surface area contributed by atoms with Gasteiger partial charge in [0.1, 0.15) is 0 Å². The first-order chi connectivity index (χ1) is 12.0. The van der Waals surface area contributed by atoms with Gasteiger partial charge in [-0.2, -0.15) is 0 Å². The van der Waals surface area contributed by atoms with Crippen LogP contribution in [0.25, 0.3) is 0 Å². The zero-order valence-electron chi connectivity index (χ0n) is 15.9. The third-order valence-corrected chi connectivity index (χ3v) is 5.22. The van der Waals surface area contributed by atoms with Crippen LogP contribution < -0.4 is 15.8 Å². The Morgan fingerprint density at radius 2 is 1.70 bits per heavy atom. The normalized spacial score (nSPS) is 11.4. The second kappa shape index (κ2) is 8.73. The quantitative estimate of drug-likeness (QED) is 0.680. The summed E-state index contributed by atoms with van der Waals surface area (Å²) in [5.41, 5.74) is 7.63. The molecule has 27 heavy (non-hydrogen) atoms. The molecule has 0 saturated heterocycles. The average molecular weight is 412 g/mol. The van der Waals surface area contributed by atoms with Crippen LogP contribution in [-0.4, -0.2) is 26.4 Å². The first-order valence-electron chi connectivity index (χ1n) is 8.26. The topological polar surface area (TPSA) is 101 Å². The molecule has 2 aromatic rings. The summed E-state index contributed by atoms with van der Waals surface area (Å²) in [6.45, 7) is 7.46. The van der Waals surface area contributed by atoms with Crippen LogP contribution in [0, 0.1) is 13.8 Å². The van der Waals surface area contributed by atoms with Gasteiger partial charge < -0.3 is 11.1 Å². The largest absolute Gasteiger partial charge is 0.350 e.